The Morgan fingerprint density at radius 3 is 2.65 bits per heavy atom. The zero-order chi connectivity index (χ0) is 15.1. The highest BCUT2D eigenvalue weighted by molar-refractivity contribution is 9.10. The number of hydrogen-bond acceptors (Lipinski definition) is 3. The molecule has 1 fully saturated rings. The molecule has 2 rings (SSSR count). The van der Waals surface area contributed by atoms with Crippen molar-refractivity contribution in [1.82, 2.24) is 4.31 Å². The smallest absolute Gasteiger partial charge is 0.244 e. The lowest BCUT2D eigenvalue weighted by atomic mass is 9.89. The molecule has 0 radical (unpaired) electrons. The van der Waals surface area contributed by atoms with Gasteiger partial charge in [0.05, 0.1) is 10.4 Å². The van der Waals surface area contributed by atoms with Gasteiger partial charge in [0.15, 0.2) is 0 Å². The van der Waals surface area contributed by atoms with Crippen molar-refractivity contribution in [2.45, 2.75) is 18.2 Å². The zero-order valence-electron chi connectivity index (χ0n) is 10.8. The third-order valence-electron chi connectivity index (χ3n) is 3.54. The maximum atomic E-state index is 12.6. The topological polar surface area (TPSA) is 80.5 Å². The number of primary amides is 1. The van der Waals surface area contributed by atoms with E-state index < -0.39 is 21.3 Å². The number of halogens is 2. The van der Waals surface area contributed by atoms with Gasteiger partial charge in [-0.3, -0.25) is 4.79 Å². The monoisotopic (exact) mass is 380 g/mol. The maximum Gasteiger partial charge on any atom is 0.244 e. The molecule has 0 aliphatic carbocycles. The third kappa shape index (κ3) is 2.72. The van der Waals surface area contributed by atoms with Crippen LogP contribution < -0.4 is 5.73 Å². The van der Waals surface area contributed by atoms with Gasteiger partial charge in [0, 0.05) is 17.6 Å². The number of benzene rings is 1. The number of sulfonamides is 1. The van der Waals surface area contributed by atoms with Gasteiger partial charge in [-0.05, 0) is 31.5 Å². The lowest BCUT2D eigenvalue weighted by molar-refractivity contribution is -0.126. The second-order valence-corrected chi connectivity index (χ2v) is 8.32. The molecule has 8 heteroatoms. The fourth-order valence-corrected chi connectivity index (χ4v) is 4.72. The predicted molar refractivity (Wildman–Crippen MR) is 79.8 cm³/mol. The summed E-state index contributed by atoms with van der Waals surface area (Å²) in [6.07, 6.45) is 0.412. The van der Waals surface area contributed by atoms with E-state index in [2.05, 4.69) is 15.9 Å². The minimum Gasteiger partial charge on any atom is -0.369 e. The summed E-state index contributed by atoms with van der Waals surface area (Å²) in [7, 11) is -3.72. The molecule has 110 valence electrons. The first-order valence-electron chi connectivity index (χ1n) is 5.92. The highest BCUT2D eigenvalue weighted by Gasteiger charge is 2.44. The molecule has 1 aromatic carbocycles. The predicted octanol–water partition coefficient (Wildman–Crippen LogP) is 1.99. The standard InChI is InChI=1S/C12H14BrClN2O3S/c1-12(11(15)17)4-5-16(7-12)20(18,19)10-3-2-8(13)6-9(10)14/h2-3,6H,4-5,7H2,1H3,(H2,15,17). The Kier molecular flexibility index (Phi) is 4.17. The van der Waals surface area contributed by atoms with E-state index in [4.69, 9.17) is 17.3 Å². The van der Waals surface area contributed by atoms with Crippen molar-refractivity contribution >= 4 is 43.5 Å². The van der Waals surface area contributed by atoms with Crippen LogP contribution in [0.1, 0.15) is 13.3 Å². The van der Waals surface area contributed by atoms with Crippen molar-refractivity contribution in [1.29, 1.82) is 0 Å². The molecule has 0 saturated carbocycles. The molecule has 1 atom stereocenters. The number of carbonyl (C=O) groups excluding carboxylic acids is 1. The summed E-state index contributed by atoms with van der Waals surface area (Å²) in [4.78, 5) is 11.5. The van der Waals surface area contributed by atoms with Crippen LogP contribution in [0.4, 0.5) is 0 Å². The summed E-state index contributed by atoms with van der Waals surface area (Å²) in [5.74, 6) is -0.489. The van der Waals surface area contributed by atoms with Crippen molar-refractivity contribution in [3.8, 4) is 0 Å². The van der Waals surface area contributed by atoms with E-state index >= 15 is 0 Å². The fourth-order valence-electron chi connectivity index (χ4n) is 2.15. The Labute approximate surface area is 131 Å². The number of nitrogens with two attached hydrogens (primary N) is 1. The van der Waals surface area contributed by atoms with E-state index in [-0.39, 0.29) is 23.0 Å². The summed E-state index contributed by atoms with van der Waals surface area (Å²) in [5, 5.41) is 0.145. The molecular formula is C12H14BrClN2O3S. The highest BCUT2D eigenvalue weighted by atomic mass is 79.9. The first-order chi connectivity index (χ1) is 9.17. The lowest BCUT2D eigenvalue weighted by Gasteiger charge is -2.21. The first kappa shape index (κ1) is 15.8. The minimum atomic E-state index is -3.72. The van der Waals surface area contributed by atoms with Gasteiger partial charge >= 0.3 is 0 Å². The molecule has 0 spiro atoms. The van der Waals surface area contributed by atoms with Gasteiger partial charge in [0.1, 0.15) is 4.90 Å². The van der Waals surface area contributed by atoms with Crippen LogP contribution in [0.2, 0.25) is 5.02 Å². The second-order valence-electron chi connectivity index (χ2n) is 5.09. The Morgan fingerprint density at radius 2 is 2.15 bits per heavy atom. The van der Waals surface area contributed by atoms with Crippen molar-refractivity contribution in [2.24, 2.45) is 11.1 Å². The molecule has 0 aromatic heterocycles. The Morgan fingerprint density at radius 1 is 1.50 bits per heavy atom. The molecular weight excluding hydrogens is 368 g/mol. The number of rotatable bonds is 3. The summed E-state index contributed by atoms with van der Waals surface area (Å²) >= 11 is 9.23. The first-order valence-corrected chi connectivity index (χ1v) is 8.53. The molecule has 1 aromatic rings. The molecule has 1 amide bonds. The summed E-state index contributed by atoms with van der Waals surface area (Å²) in [6.45, 7) is 2.01. The highest BCUT2D eigenvalue weighted by Crippen LogP contribution is 2.35. The number of hydrogen-bond donors (Lipinski definition) is 1. The van der Waals surface area contributed by atoms with Gasteiger partial charge in [-0.15, -0.1) is 0 Å². The number of amides is 1. The maximum absolute atomic E-state index is 12.6. The van der Waals surface area contributed by atoms with Gasteiger partial charge in [-0.1, -0.05) is 27.5 Å². The van der Waals surface area contributed by atoms with Crippen LogP contribution in [0.3, 0.4) is 0 Å². The Bertz CT molecular complexity index is 665. The fraction of sp³-hybridized carbons (Fsp3) is 0.417. The van der Waals surface area contributed by atoms with E-state index in [1.807, 2.05) is 0 Å². The zero-order valence-corrected chi connectivity index (χ0v) is 13.9. The molecule has 20 heavy (non-hydrogen) atoms. The largest absolute Gasteiger partial charge is 0.369 e. The quantitative estimate of drug-likeness (QED) is 0.869. The minimum absolute atomic E-state index is 0.0380. The molecule has 2 N–H and O–H groups in total. The molecule has 5 nitrogen and oxygen atoms in total. The van der Waals surface area contributed by atoms with Crippen LogP contribution in [0.15, 0.2) is 27.6 Å². The number of nitrogens with zero attached hydrogens (tertiary/aromatic N) is 1. The SMILES string of the molecule is CC1(C(N)=O)CCN(S(=O)(=O)c2ccc(Br)cc2Cl)C1. The van der Waals surface area contributed by atoms with Gasteiger partial charge in [-0.25, -0.2) is 8.42 Å². The Balaban J connectivity index is 2.35. The summed E-state index contributed by atoms with van der Waals surface area (Å²) in [6, 6.07) is 4.58. The van der Waals surface area contributed by atoms with Crippen LogP contribution in [-0.4, -0.2) is 31.7 Å². The van der Waals surface area contributed by atoms with E-state index in [9.17, 15) is 13.2 Å². The average molecular weight is 382 g/mol. The van der Waals surface area contributed by atoms with Gasteiger partial charge in [0.2, 0.25) is 15.9 Å². The summed E-state index contributed by atoms with van der Waals surface area (Å²) in [5.41, 5.74) is 4.51. The normalized spacial score (nSPS) is 23.9. The van der Waals surface area contributed by atoms with E-state index in [1.54, 1.807) is 13.0 Å². The van der Waals surface area contributed by atoms with Gasteiger partial charge < -0.3 is 5.73 Å². The molecule has 1 aliphatic rings. The van der Waals surface area contributed by atoms with Crippen LogP contribution in [-0.2, 0) is 14.8 Å². The summed E-state index contributed by atoms with van der Waals surface area (Å²) < 4.78 is 27.1. The lowest BCUT2D eigenvalue weighted by Crippen LogP contribution is -2.38. The molecule has 1 saturated heterocycles. The van der Waals surface area contributed by atoms with E-state index in [0.717, 1.165) is 0 Å². The van der Waals surface area contributed by atoms with Crippen molar-refractivity contribution < 1.29 is 13.2 Å². The molecule has 1 heterocycles. The van der Waals surface area contributed by atoms with Crippen molar-refractivity contribution in [3.05, 3.63) is 27.7 Å². The van der Waals surface area contributed by atoms with Crippen molar-refractivity contribution in [2.75, 3.05) is 13.1 Å². The van der Waals surface area contributed by atoms with Gasteiger partial charge in [-0.2, -0.15) is 4.31 Å². The molecule has 0 bridgehead atoms. The second kappa shape index (κ2) is 5.29. The van der Waals surface area contributed by atoms with Crippen molar-refractivity contribution in [3.63, 3.8) is 0 Å². The van der Waals surface area contributed by atoms with Crippen LogP contribution in [0.25, 0.3) is 0 Å². The van der Waals surface area contributed by atoms with Crippen LogP contribution >= 0.6 is 27.5 Å². The Hall–Kier alpha value is -0.630. The van der Waals surface area contributed by atoms with Gasteiger partial charge in [0.25, 0.3) is 0 Å². The van der Waals surface area contributed by atoms with Crippen LogP contribution in [0.5, 0.6) is 0 Å². The third-order valence-corrected chi connectivity index (χ3v) is 6.37. The van der Waals surface area contributed by atoms with E-state index in [0.29, 0.717) is 10.9 Å². The average Bonchev–Trinajstić information content (AvgIpc) is 2.73. The molecule has 1 unspecified atom stereocenters. The molecule has 1 aliphatic heterocycles. The van der Waals surface area contributed by atoms with E-state index in [1.165, 1.54) is 16.4 Å². The number of carbonyl (C=O) groups is 1. The van der Waals surface area contributed by atoms with Crippen LogP contribution in [0, 0.1) is 5.41 Å².